The van der Waals surface area contributed by atoms with Gasteiger partial charge in [0.05, 0.1) is 12.9 Å². The second-order valence-electron chi connectivity index (χ2n) is 1.86. The molecule has 1 aromatic rings. The van der Waals surface area contributed by atoms with Gasteiger partial charge >= 0.3 is 0 Å². The fraction of sp³-hybridized carbons (Fsp3) is 0.429. The van der Waals surface area contributed by atoms with Gasteiger partial charge in [-0.05, 0) is 6.07 Å². The Bertz CT molecular complexity index is 157. The molecule has 10 heavy (non-hydrogen) atoms. The molecule has 0 aliphatic rings. The first-order chi connectivity index (χ1) is 4.93. The average molecular weight is 142 g/mol. The van der Waals surface area contributed by atoms with Crippen LogP contribution in [0, 0.1) is 0 Å². The number of rotatable bonds is 4. The SMILES string of the molecule is OCCCOc1ccco1. The predicted molar refractivity (Wildman–Crippen MR) is 35.9 cm³/mol. The van der Waals surface area contributed by atoms with Crippen LogP contribution in [0.2, 0.25) is 0 Å². The fourth-order valence-corrected chi connectivity index (χ4v) is 0.583. The molecule has 0 saturated carbocycles. The Balaban J connectivity index is 2.15. The first kappa shape index (κ1) is 7.15. The van der Waals surface area contributed by atoms with E-state index in [4.69, 9.17) is 14.3 Å². The number of ether oxygens (including phenoxy) is 1. The van der Waals surface area contributed by atoms with E-state index >= 15 is 0 Å². The zero-order valence-electron chi connectivity index (χ0n) is 5.62. The second kappa shape index (κ2) is 3.95. The number of aliphatic hydroxyl groups excluding tert-OH is 1. The summed E-state index contributed by atoms with van der Waals surface area (Å²) in [6, 6.07) is 3.49. The van der Waals surface area contributed by atoms with Gasteiger partial charge in [-0.2, -0.15) is 0 Å². The van der Waals surface area contributed by atoms with Crippen LogP contribution in [-0.4, -0.2) is 18.3 Å². The maximum atomic E-state index is 8.38. The van der Waals surface area contributed by atoms with Gasteiger partial charge in [0.2, 0.25) is 0 Å². The molecule has 0 aliphatic heterocycles. The molecular formula is C7H10O3. The Morgan fingerprint density at radius 3 is 3.10 bits per heavy atom. The summed E-state index contributed by atoms with van der Waals surface area (Å²) in [5.74, 6) is 0.508. The highest BCUT2D eigenvalue weighted by Crippen LogP contribution is 2.09. The highest BCUT2D eigenvalue weighted by molar-refractivity contribution is 5.03. The number of hydrogen-bond acceptors (Lipinski definition) is 3. The lowest BCUT2D eigenvalue weighted by molar-refractivity contribution is 0.202. The maximum Gasteiger partial charge on any atom is 0.284 e. The van der Waals surface area contributed by atoms with Crippen molar-refractivity contribution in [1.29, 1.82) is 0 Å². The first-order valence-electron chi connectivity index (χ1n) is 3.20. The second-order valence-corrected chi connectivity index (χ2v) is 1.86. The van der Waals surface area contributed by atoms with Crippen LogP contribution in [0.4, 0.5) is 0 Å². The van der Waals surface area contributed by atoms with E-state index in [9.17, 15) is 0 Å². The van der Waals surface area contributed by atoms with Gasteiger partial charge in [-0.15, -0.1) is 0 Å². The van der Waals surface area contributed by atoms with Gasteiger partial charge in [-0.3, -0.25) is 0 Å². The third-order valence-electron chi connectivity index (χ3n) is 1.04. The third kappa shape index (κ3) is 2.11. The van der Waals surface area contributed by atoms with Crippen LogP contribution in [0.15, 0.2) is 22.8 Å². The fourth-order valence-electron chi connectivity index (χ4n) is 0.583. The molecule has 1 rings (SSSR count). The molecule has 1 N–H and O–H groups in total. The number of hydrogen-bond donors (Lipinski definition) is 1. The molecule has 0 spiro atoms. The summed E-state index contributed by atoms with van der Waals surface area (Å²) in [7, 11) is 0. The molecular weight excluding hydrogens is 132 g/mol. The van der Waals surface area contributed by atoms with Crippen LogP contribution in [0.5, 0.6) is 5.95 Å². The molecule has 0 aromatic carbocycles. The molecule has 0 bridgehead atoms. The summed E-state index contributed by atoms with van der Waals surface area (Å²) in [6.07, 6.45) is 2.19. The van der Waals surface area contributed by atoms with E-state index in [1.807, 2.05) is 0 Å². The van der Waals surface area contributed by atoms with Gasteiger partial charge in [0, 0.05) is 19.1 Å². The number of aliphatic hydroxyl groups is 1. The van der Waals surface area contributed by atoms with Crippen LogP contribution in [-0.2, 0) is 0 Å². The molecule has 0 atom stereocenters. The van der Waals surface area contributed by atoms with E-state index in [2.05, 4.69) is 0 Å². The van der Waals surface area contributed by atoms with Crippen LogP contribution in [0.25, 0.3) is 0 Å². The Labute approximate surface area is 59.2 Å². The molecule has 0 radical (unpaired) electrons. The third-order valence-corrected chi connectivity index (χ3v) is 1.04. The van der Waals surface area contributed by atoms with E-state index < -0.39 is 0 Å². The maximum absolute atomic E-state index is 8.38. The minimum absolute atomic E-state index is 0.153. The largest absolute Gasteiger partial charge is 0.465 e. The minimum Gasteiger partial charge on any atom is -0.465 e. The van der Waals surface area contributed by atoms with Crippen molar-refractivity contribution in [3.8, 4) is 5.95 Å². The van der Waals surface area contributed by atoms with Crippen molar-refractivity contribution >= 4 is 0 Å². The van der Waals surface area contributed by atoms with Crippen LogP contribution >= 0.6 is 0 Å². The van der Waals surface area contributed by atoms with Gasteiger partial charge in [-0.1, -0.05) is 0 Å². The monoisotopic (exact) mass is 142 g/mol. The Morgan fingerprint density at radius 1 is 1.60 bits per heavy atom. The topological polar surface area (TPSA) is 42.6 Å². The molecule has 56 valence electrons. The zero-order chi connectivity index (χ0) is 7.23. The van der Waals surface area contributed by atoms with E-state index in [1.54, 1.807) is 18.4 Å². The lowest BCUT2D eigenvalue weighted by Gasteiger charge is -1.98. The Morgan fingerprint density at radius 2 is 2.50 bits per heavy atom. The van der Waals surface area contributed by atoms with Crippen molar-refractivity contribution in [1.82, 2.24) is 0 Å². The smallest absolute Gasteiger partial charge is 0.284 e. The predicted octanol–water partition coefficient (Wildman–Crippen LogP) is 1.04. The van der Waals surface area contributed by atoms with E-state index in [0.29, 0.717) is 19.0 Å². The minimum atomic E-state index is 0.153. The van der Waals surface area contributed by atoms with Gasteiger partial charge in [-0.25, -0.2) is 0 Å². The summed E-state index contributed by atoms with van der Waals surface area (Å²) >= 11 is 0. The molecule has 0 saturated heterocycles. The summed E-state index contributed by atoms with van der Waals surface area (Å²) in [5, 5.41) is 8.38. The first-order valence-corrected chi connectivity index (χ1v) is 3.20. The highest BCUT2D eigenvalue weighted by Gasteiger charge is 1.92. The van der Waals surface area contributed by atoms with Gasteiger partial charge in [0.15, 0.2) is 0 Å². The summed E-state index contributed by atoms with van der Waals surface area (Å²) in [5.41, 5.74) is 0. The zero-order valence-corrected chi connectivity index (χ0v) is 5.62. The molecule has 3 heteroatoms. The van der Waals surface area contributed by atoms with Crippen molar-refractivity contribution in [2.75, 3.05) is 13.2 Å². The van der Waals surface area contributed by atoms with Crippen molar-refractivity contribution in [2.45, 2.75) is 6.42 Å². The number of furan rings is 1. The average Bonchev–Trinajstić information content (AvgIpc) is 2.41. The van der Waals surface area contributed by atoms with Gasteiger partial charge in [0.25, 0.3) is 5.95 Å². The van der Waals surface area contributed by atoms with Crippen molar-refractivity contribution in [3.63, 3.8) is 0 Å². The normalized spacial score (nSPS) is 9.70. The molecule has 0 fully saturated rings. The van der Waals surface area contributed by atoms with Crippen LogP contribution < -0.4 is 4.74 Å². The summed E-state index contributed by atoms with van der Waals surface area (Å²) in [4.78, 5) is 0. The van der Waals surface area contributed by atoms with E-state index in [-0.39, 0.29) is 6.61 Å². The Hall–Kier alpha value is -0.960. The van der Waals surface area contributed by atoms with Crippen LogP contribution in [0.3, 0.4) is 0 Å². The Kier molecular flexibility index (Phi) is 2.83. The van der Waals surface area contributed by atoms with Gasteiger partial charge < -0.3 is 14.3 Å². The highest BCUT2D eigenvalue weighted by atomic mass is 16.6. The van der Waals surface area contributed by atoms with Crippen molar-refractivity contribution in [2.24, 2.45) is 0 Å². The molecule has 1 heterocycles. The van der Waals surface area contributed by atoms with Crippen molar-refractivity contribution < 1.29 is 14.3 Å². The molecule has 0 aliphatic carbocycles. The lowest BCUT2D eigenvalue weighted by Crippen LogP contribution is -1.98. The summed E-state index contributed by atoms with van der Waals surface area (Å²) < 4.78 is 9.94. The van der Waals surface area contributed by atoms with Gasteiger partial charge in [0.1, 0.15) is 0 Å². The molecule has 0 unspecified atom stereocenters. The van der Waals surface area contributed by atoms with Crippen molar-refractivity contribution in [3.05, 3.63) is 18.4 Å². The van der Waals surface area contributed by atoms with Crippen LogP contribution in [0.1, 0.15) is 6.42 Å². The molecule has 3 nitrogen and oxygen atoms in total. The molecule has 1 aromatic heterocycles. The molecule has 0 amide bonds. The summed E-state index contributed by atoms with van der Waals surface area (Å²) in [6.45, 7) is 0.657. The van der Waals surface area contributed by atoms with E-state index in [1.165, 1.54) is 0 Å². The quantitative estimate of drug-likeness (QED) is 0.639. The lowest BCUT2D eigenvalue weighted by atomic mass is 10.5. The van der Waals surface area contributed by atoms with E-state index in [0.717, 1.165) is 0 Å². The standard InChI is InChI=1S/C7H10O3/c8-4-2-6-10-7-3-1-5-9-7/h1,3,5,8H,2,4,6H2.